The molecule has 0 bridgehead atoms. The third kappa shape index (κ3) is 2.74. The Kier molecular flexibility index (Phi) is 3.73. The predicted molar refractivity (Wildman–Crippen MR) is 62.8 cm³/mol. The largest absolute Gasteiger partial charge is 0.477 e. The van der Waals surface area contributed by atoms with Crippen molar-refractivity contribution in [1.82, 2.24) is 9.97 Å². The molecule has 0 radical (unpaired) electrons. The second-order valence-corrected chi connectivity index (χ2v) is 4.12. The molecule has 2 N–H and O–H groups in total. The Morgan fingerprint density at radius 2 is 2.39 bits per heavy atom. The van der Waals surface area contributed by atoms with Crippen molar-refractivity contribution in [3.8, 4) is 0 Å². The maximum Gasteiger partial charge on any atom is 0.354 e. The first-order valence-electron chi connectivity index (χ1n) is 5.66. The number of rotatable bonds is 3. The molecular formula is C11H15N3O4. The second-order valence-electron chi connectivity index (χ2n) is 4.12. The van der Waals surface area contributed by atoms with Gasteiger partial charge in [-0.3, -0.25) is 0 Å². The Balaban J connectivity index is 2.24. The minimum Gasteiger partial charge on any atom is -0.477 e. The van der Waals surface area contributed by atoms with E-state index in [4.69, 9.17) is 14.9 Å². The molecule has 2 heterocycles. The molecule has 7 heteroatoms. The van der Waals surface area contributed by atoms with Gasteiger partial charge in [-0.25, -0.2) is 14.8 Å². The van der Waals surface area contributed by atoms with E-state index in [-0.39, 0.29) is 18.4 Å². The lowest BCUT2D eigenvalue weighted by atomic mass is 10.3. The summed E-state index contributed by atoms with van der Waals surface area (Å²) in [6.45, 7) is 3.15. The van der Waals surface area contributed by atoms with Crippen LogP contribution in [-0.4, -0.2) is 58.6 Å². The average Bonchev–Trinajstić information content (AvgIpc) is 2.38. The van der Waals surface area contributed by atoms with Crippen LogP contribution < -0.4 is 4.90 Å². The highest BCUT2D eigenvalue weighted by Crippen LogP contribution is 2.14. The van der Waals surface area contributed by atoms with Gasteiger partial charge < -0.3 is 19.8 Å². The fraction of sp³-hybridized carbons (Fsp3) is 0.545. The minimum absolute atomic E-state index is 0.0236. The van der Waals surface area contributed by atoms with Crippen molar-refractivity contribution in [2.24, 2.45) is 0 Å². The molecule has 1 aromatic heterocycles. The summed E-state index contributed by atoms with van der Waals surface area (Å²) in [4.78, 5) is 21.0. The zero-order valence-corrected chi connectivity index (χ0v) is 10.0. The predicted octanol–water partition coefficient (Wildman–Crippen LogP) is -0.319. The van der Waals surface area contributed by atoms with E-state index in [1.165, 1.54) is 6.07 Å². The summed E-state index contributed by atoms with van der Waals surface area (Å²) in [5.41, 5.74) is 0.578. The van der Waals surface area contributed by atoms with E-state index in [9.17, 15) is 4.79 Å². The molecule has 18 heavy (non-hydrogen) atoms. The SMILES string of the molecule is Cc1cc(C(=O)O)nc(N2CCOC(CO)C2)n1. The van der Waals surface area contributed by atoms with E-state index < -0.39 is 5.97 Å². The van der Waals surface area contributed by atoms with Gasteiger partial charge in [-0.2, -0.15) is 0 Å². The smallest absolute Gasteiger partial charge is 0.354 e. The molecule has 1 saturated heterocycles. The topological polar surface area (TPSA) is 95.8 Å². The number of nitrogens with zero attached hydrogens (tertiary/aromatic N) is 3. The molecule has 7 nitrogen and oxygen atoms in total. The number of aliphatic hydroxyl groups is 1. The van der Waals surface area contributed by atoms with Crippen molar-refractivity contribution in [3.05, 3.63) is 17.5 Å². The van der Waals surface area contributed by atoms with E-state index in [1.54, 1.807) is 6.92 Å². The van der Waals surface area contributed by atoms with Gasteiger partial charge in [0.05, 0.1) is 19.3 Å². The molecule has 1 aromatic rings. The molecule has 1 aliphatic rings. The van der Waals surface area contributed by atoms with Gasteiger partial charge in [-0.15, -0.1) is 0 Å². The number of aromatic carboxylic acids is 1. The van der Waals surface area contributed by atoms with Crippen molar-refractivity contribution in [2.45, 2.75) is 13.0 Å². The van der Waals surface area contributed by atoms with Crippen LogP contribution in [0.2, 0.25) is 0 Å². The summed E-state index contributed by atoms with van der Waals surface area (Å²) in [5.74, 6) is -0.706. The lowest BCUT2D eigenvalue weighted by Gasteiger charge is -2.32. The van der Waals surface area contributed by atoms with Gasteiger partial charge in [0.2, 0.25) is 5.95 Å². The van der Waals surface area contributed by atoms with Crippen molar-refractivity contribution >= 4 is 11.9 Å². The number of carbonyl (C=O) groups is 1. The highest BCUT2D eigenvalue weighted by Gasteiger charge is 2.22. The van der Waals surface area contributed by atoms with Crippen molar-refractivity contribution in [3.63, 3.8) is 0 Å². The molecular weight excluding hydrogens is 238 g/mol. The molecule has 0 saturated carbocycles. The van der Waals surface area contributed by atoms with E-state index >= 15 is 0 Å². The lowest BCUT2D eigenvalue weighted by molar-refractivity contribution is 0.00312. The summed E-state index contributed by atoms with van der Waals surface area (Å²) < 4.78 is 5.32. The first kappa shape index (κ1) is 12.7. The normalized spacial score (nSPS) is 19.9. The third-order valence-electron chi connectivity index (χ3n) is 2.69. The fourth-order valence-corrected chi connectivity index (χ4v) is 1.82. The highest BCUT2D eigenvalue weighted by molar-refractivity contribution is 5.85. The Morgan fingerprint density at radius 3 is 3.06 bits per heavy atom. The van der Waals surface area contributed by atoms with Gasteiger partial charge in [0.15, 0.2) is 5.69 Å². The number of hydrogen-bond donors (Lipinski definition) is 2. The van der Waals surface area contributed by atoms with Crippen molar-refractivity contribution in [2.75, 3.05) is 31.2 Å². The van der Waals surface area contributed by atoms with Crippen molar-refractivity contribution in [1.29, 1.82) is 0 Å². The number of morpholine rings is 1. The molecule has 98 valence electrons. The first-order valence-corrected chi connectivity index (χ1v) is 5.66. The molecule has 0 amide bonds. The van der Waals surface area contributed by atoms with Crippen molar-refractivity contribution < 1.29 is 19.7 Å². The van der Waals surface area contributed by atoms with Gasteiger partial charge in [-0.05, 0) is 13.0 Å². The summed E-state index contributed by atoms with van der Waals surface area (Å²) >= 11 is 0. The van der Waals surface area contributed by atoms with Crippen LogP contribution in [0.4, 0.5) is 5.95 Å². The third-order valence-corrected chi connectivity index (χ3v) is 2.69. The highest BCUT2D eigenvalue weighted by atomic mass is 16.5. The lowest BCUT2D eigenvalue weighted by Crippen LogP contribution is -2.45. The Labute approximate surface area is 104 Å². The Hall–Kier alpha value is -1.73. The number of ether oxygens (including phenoxy) is 1. The number of aromatic nitrogens is 2. The van der Waals surface area contributed by atoms with E-state index in [2.05, 4.69) is 9.97 Å². The zero-order valence-electron chi connectivity index (χ0n) is 10.0. The first-order chi connectivity index (χ1) is 8.60. The van der Waals surface area contributed by atoms with Crippen LogP contribution in [0.1, 0.15) is 16.2 Å². The summed E-state index contributed by atoms with van der Waals surface area (Å²) in [6, 6.07) is 1.43. The zero-order chi connectivity index (χ0) is 13.1. The number of carboxylic acid groups (broad SMARTS) is 1. The molecule has 1 fully saturated rings. The average molecular weight is 253 g/mol. The minimum atomic E-state index is -1.08. The van der Waals surface area contributed by atoms with Gasteiger partial charge >= 0.3 is 5.97 Å². The fourth-order valence-electron chi connectivity index (χ4n) is 1.82. The monoisotopic (exact) mass is 253 g/mol. The quantitative estimate of drug-likeness (QED) is 0.762. The van der Waals surface area contributed by atoms with E-state index in [1.807, 2.05) is 4.90 Å². The van der Waals surface area contributed by atoms with Crippen LogP contribution in [0.3, 0.4) is 0 Å². The van der Waals surface area contributed by atoms with Gasteiger partial charge in [0.1, 0.15) is 0 Å². The van der Waals surface area contributed by atoms with Crippen LogP contribution in [0.25, 0.3) is 0 Å². The summed E-state index contributed by atoms with van der Waals surface area (Å²) in [6.07, 6.45) is -0.281. The number of aryl methyl sites for hydroxylation is 1. The number of carboxylic acids is 1. The van der Waals surface area contributed by atoms with Crippen LogP contribution in [-0.2, 0) is 4.74 Å². The van der Waals surface area contributed by atoms with Gasteiger partial charge in [-0.1, -0.05) is 0 Å². The van der Waals surface area contributed by atoms with Crippen LogP contribution in [0.15, 0.2) is 6.07 Å². The molecule has 0 aromatic carbocycles. The molecule has 0 aliphatic carbocycles. The van der Waals surface area contributed by atoms with Crippen LogP contribution in [0.5, 0.6) is 0 Å². The van der Waals surface area contributed by atoms with Crippen LogP contribution >= 0.6 is 0 Å². The number of anilines is 1. The summed E-state index contributed by atoms with van der Waals surface area (Å²) in [7, 11) is 0. The summed E-state index contributed by atoms with van der Waals surface area (Å²) in [5, 5.41) is 18.0. The molecule has 1 atom stereocenters. The van der Waals surface area contributed by atoms with Gasteiger partial charge in [0.25, 0.3) is 0 Å². The standard InChI is InChI=1S/C11H15N3O4/c1-7-4-9(10(16)17)13-11(12-7)14-2-3-18-8(5-14)6-15/h4,8,15H,2-3,5-6H2,1H3,(H,16,17). The number of aliphatic hydroxyl groups excluding tert-OH is 1. The van der Waals surface area contributed by atoms with E-state index in [0.717, 1.165) is 0 Å². The Morgan fingerprint density at radius 1 is 1.61 bits per heavy atom. The molecule has 2 rings (SSSR count). The van der Waals surface area contributed by atoms with E-state index in [0.29, 0.717) is 31.3 Å². The van der Waals surface area contributed by atoms with Crippen LogP contribution in [0, 0.1) is 6.92 Å². The number of hydrogen-bond acceptors (Lipinski definition) is 6. The van der Waals surface area contributed by atoms with Gasteiger partial charge in [0, 0.05) is 18.8 Å². The second kappa shape index (κ2) is 5.28. The Bertz CT molecular complexity index is 452. The maximum absolute atomic E-state index is 10.9. The molecule has 1 unspecified atom stereocenters. The molecule has 0 spiro atoms. The maximum atomic E-state index is 10.9. The molecule has 1 aliphatic heterocycles.